The van der Waals surface area contributed by atoms with E-state index >= 15 is 0 Å². The first-order chi connectivity index (χ1) is 12.4. The van der Waals surface area contributed by atoms with Crippen LogP contribution in [0.4, 0.5) is 5.69 Å². The Morgan fingerprint density at radius 2 is 1.85 bits per heavy atom. The number of hydrogen-bond donors (Lipinski definition) is 1. The molecule has 3 aromatic rings. The molecule has 2 aromatic carbocycles. The van der Waals surface area contributed by atoms with Crippen LogP contribution >= 0.6 is 11.6 Å². The number of carbonyl (C=O) groups is 1. The molecule has 0 bridgehead atoms. The van der Waals surface area contributed by atoms with Crippen LogP contribution in [0.1, 0.15) is 22.5 Å². The summed E-state index contributed by atoms with van der Waals surface area (Å²) in [6.45, 7) is 5.96. The SMILES string of the molecule is Cc1ccc(-c2ccc(/C=C/C(=O)Nc3cccc(C)c3C)o2)cc1Cl. The molecular weight excluding hydrogens is 346 g/mol. The van der Waals surface area contributed by atoms with Crippen molar-refractivity contribution in [3.8, 4) is 11.3 Å². The van der Waals surface area contributed by atoms with Crippen molar-refractivity contribution in [2.24, 2.45) is 0 Å². The van der Waals surface area contributed by atoms with E-state index in [1.54, 1.807) is 6.08 Å². The third-order valence-corrected chi connectivity index (χ3v) is 4.75. The monoisotopic (exact) mass is 365 g/mol. The number of rotatable bonds is 4. The molecule has 0 saturated heterocycles. The van der Waals surface area contributed by atoms with Gasteiger partial charge in [-0.2, -0.15) is 0 Å². The standard InChI is InChI=1S/C22H20ClNO2/c1-14-5-4-6-20(16(14)3)24-22(25)12-10-18-9-11-21(26-18)17-8-7-15(2)19(23)13-17/h4-13H,1-3H3,(H,24,25)/b12-10+. The molecule has 0 aliphatic heterocycles. The highest BCUT2D eigenvalue weighted by Gasteiger charge is 2.06. The normalized spacial score (nSPS) is 11.1. The van der Waals surface area contributed by atoms with Crippen molar-refractivity contribution in [2.45, 2.75) is 20.8 Å². The second-order valence-electron chi connectivity index (χ2n) is 6.24. The molecule has 1 heterocycles. The molecule has 4 heteroatoms. The lowest BCUT2D eigenvalue weighted by atomic mass is 10.1. The molecule has 0 unspecified atom stereocenters. The van der Waals surface area contributed by atoms with Gasteiger partial charge in [-0.15, -0.1) is 0 Å². The first-order valence-electron chi connectivity index (χ1n) is 8.35. The zero-order chi connectivity index (χ0) is 18.7. The lowest BCUT2D eigenvalue weighted by molar-refractivity contribution is -0.111. The summed E-state index contributed by atoms with van der Waals surface area (Å²) in [6.07, 6.45) is 3.12. The fraction of sp³-hybridized carbons (Fsp3) is 0.136. The van der Waals surface area contributed by atoms with Gasteiger partial charge in [-0.05, 0) is 67.8 Å². The largest absolute Gasteiger partial charge is 0.457 e. The summed E-state index contributed by atoms with van der Waals surface area (Å²) in [5.41, 5.74) is 4.93. The molecule has 1 N–H and O–H groups in total. The Kier molecular flexibility index (Phi) is 5.29. The summed E-state index contributed by atoms with van der Waals surface area (Å²) in [5.74, 6) is 1.12. The predicted molar refractivity (Wildman–Crippen MR) is 107 cm³/mol. The third-order valence-electron chi connectivity index (χ3n) is 4.34. The second kappa shape index (κ2) is 7.63. The number of nitrogens with one attached hydrogen (secondary N) is 1. The minimum atomic E-state index is -0.199. The van der Waals surface area contributed by atoms with Crippen LogP contribution in [-0.4, -0.2) is 5.91 Å². The number of amides is 1. The molecule has 0 fully saturated rings. The molecule has 3 nitrogen and oxygen atoms in total. The quantitative estimate of drug-likeness (QED) is 0.561. The highest BCUT2D eigenvalue weighted by molar-refractivity contribution is 6.31. The van der Waals surface area contributed by atoms with Gasteiger partial charge in [0.05, 0.1) is 0 Å². The number of carbonyl (C=O) groups excluding carboxylic acids is 1. The third kappa shape index (κ3) is 4.06. The van der Waals surface area contributed by atoms with Crippen molar-refractivity contribution in [2.75, 3.05) is 5.32 Å². The van der Waals surface area contributed by atoms with Gasteiger partial charge in [0.15, 0.2) is 0 Å². The van der Waals surface area contributed by atoms with Crippen LogP contribution < -0.4 is 5.32 Å². The van der Waals surface area contributed by atoms with E-state index in [0.717, 1.165) is 27.9 Å². The zero-order valence-electron chi connectivity index (χ0n) is 15.0. The predicted octanol–water partition coefficient (Wildman–Crippen LogP) is 6.18. The first kappa shape index (κ1) is 18.0. The van der Waals surface area contributed by atoms with E-state index in [1.165, 1.54) is 6.08 Å². The molecule has 0 atom stereocenters. The summed E-state index contributed by atoms with van der Waals surface area (Å²) >= 11 is 6.17. The molecule has 0 saturated carbocycles. The number of hydrogen-bond acceptors (Lipinski definition) is 2. The maximum absolute atomic E-state index is 12.2. The minimum Gasteiger partial charge on any atom is -0.457 e. The molecule has 3 rings (SSSR count). The van der Waals surface area contributed by atoms with Crippen molar-refractivity contribution in [1.82, 2.24) is 0 Å². The highest BCUT2D eigenvalue weighted by atomic mass is 35.5. The maximum Gasteiger partial charge on any atom is 0.248 e. The van der Waals surface area contributed by atoms with E-state index < -0.39 is 0 Å². The Balaban J connectivity index is 1.71. The van der Waals surface area contributed by atoms with E-state index in [-0.39, 0.29) is 5.91 Å². The van der Waals surface area contributed by atoms with Gasteiger partial charge in [-0.25, -0.2) is 0 Å². The summed E-state index contributed by atoms with van der Waals surface area (Å²) < 4.78 is 5.78. The van der Waals surface area contributed by atoms with Gasteiger partial charge in [-0.3, -0.25) is 4.79 Å². The van der Waals surface area contributed by atoms with Crippen LogP contribution in [0.2, 0.25) is 5.02 Å². The number of benzene rings is 2. The van der Waals surface area contributed by atoms with Crippen molar-refractivity contribution in [3.05, 3.63) is 82.1 Å². The maximum atomic E-state index is 12.2. The van der Waals surface area contributed by atoms with Crippen molar-refractivity contribution in [3.63, 3.8) is 0 Å². The number of aryl methyl sites for hydroxylation is 2. The molecule has 0 radical (unpaired) electrons. The van der Waals surface area contributed by atoms with Gasteiger partial charge in [-0.1, -0.05) is 35.9 Å². The number of furan rings is 1. The summed E-state index contributed by atoms with van der Waals surface area (Å²) in [5, 5.41) is 3.59. The molecule has 0 spiro atoms. The number of halogens is 1. The van der Waals surface area contributed by atoms with Gasteiger partial charge >= 0.3 is 0 Å². The molecule has 1 amide bonds. The van der Waals surface area contributed by atoms with Gasteiger partial charge in [0.1, 0.15) is 11.5 Å². The topological polar surface area (TPSA) is 42.2 Å². The smallest absolute Gasteiger partial charge is 0.248 e. The Bertz CT molecular complexity index is 986. The molecule has 26 heavy (non-hydrogen) atoms. The van der Waals surface area contributed by atoms with E-state index in [9.17, 15) is 4.79 Å². The molecular formula is C22H20ClNO2. The average molecular weight is 366 g/mol. The van der Waals surface area contributed by atoms with Crippen LogP contribution in [0.3, 0.4) is 0 Å². The highest BCUT2D eigenvalue weighted by Crippen LogP contribution is 2.27. The van der Waals surface area contributed by atoms with Crippen LogP contribution in [-0.2, 0) is 4.79 Å². The summed E-state index contributed by atoms with van der Waals surface area (Å²) in [6, 6.07) is 15.3. The second-order valence-corrected chi connectivity index (χ2v) is 6.64. The fourth-order valence-electron chi connectivity index (χ4n) is 2.56. The van der Waals surface area contributed by atoms with Crippen LogP contribution in [0.5, 0.6) is 0 Å². The first-order valence-corrected chi connectivity index (χ1v) is 8.73. The van der Waals surface area contributed by atoms with Crippen LogP contribution in [0.15, 0.2) is 59.0 Å². The molecule has 132 valence electrons. The molecule has 0 aliphatic rings. The minimum absolute atomic E-state index is 0.199. The van der Waals surface area contributed by atoms with Crippen molar-refractivity contribution >= 4 is 29.3 Å². The van der Waals surface area contributed by atoms with Gasteiger partial charge < -0.3 is 9.73 Å². The number of anilines is 1. The Labute approximate surface area is 158 Å². The Morgan fingerprint density at radius 3 is 2.62 bits per heavy atom. The van der Waals surface area contributed by atoms with E-state index in [1.807, 2.05) is 69.3 Å². The summed E-state index contributed by atoms with van der Waals surface area (Å²) in [4.78, 5) is 12.2. The average Bonchev–Trinajstić information content (AvgIpc) is 3.09. The fourth-order valence-corrected chi connectivity index (χ4v) is 2.74. The Hall–Kier alpha value is -2.78. The van der Waals surface area contributed by atoms with Gasteiger partial charge in [0, 0.05) is 22.3 Å². The summed E-state index contributed by atoms with van der Waals surface area (Å²) in [7, 11) is 0. The van der Waals surface area contributed by atoms with Gasteiger partial charge in [0.25, 0.3) is 0 Å². The van der Waals surface area contributed by atoms with Crippen molar-refractivity contribution < 1.29 is 9.21 Å². The van der Waals surface area contributed by atoms with Gasteiger partial charge in [0.2, 0.25) is 5.91 Å². The van der Waals surface area contributed by atoms with Crippen LogP contribution in [0, 0.1) is 20.8 Å². The molecule has 0 aliphatic carbocycles. The lowest BCUT2D eigenvalue weighted by Crippen LogP contribution is -2.09. The van der Waals surface area contributed by atoms with Crippen molar-refractivity contribution in [1.29, 1.82) is 0 Å². The van der Waals surface area contributed by atoms with E-state index in [0.29, 0.717) is 16.5 Å². The lowest BCUT2D eigenvalue weighted by Gasteiger charge is -2.08. The van der Waals surface area contributed by atoms with E-state index in [2.05, 4.69) is 5.32 Å². The zero-order valence-corrected chi connectivity index (χ0v) is 15.7. The molecule has 1 aromatic heterocycles. The van der Waals surface area contributed by atoms with Crippen LogP contribution in [0.25, 0.3) is 17.4 Å². The van der Waals surface area contributed by atoms with E-state index in [4.69, 9.17) is 16.0 Å². The Morgan fingerprint density at radius 1 is 1.04 bits per heavy atom.